The van der Waals surface area contributed by atoms with Crippen LogP contribution in [0, 0.1) is 0 Å². The van der Waals surface area contributed by atoms with Crippen molar-refractivity contribution in [1.29, 1.82) is 0 Å². The summed E-state index contributed by atoms with van der Waals surface area (Å²) in [5.41, 5.74) is 2.33. The van der Waals surface area contributed by atoms with Gasteiger partial charge in [-0.2, -0.15) is 5.10 Å². The van der Waals surface area contributed by atoms with Gasteiger partial charge in [0.2, 0.25) is 5.91 Å². The number of fused-ring (bicyclic) bond motifs is 1. The Bertz CT molecular complexity index is 769. The fraction of sp³-hybridized carbons (Fsp3) is 0.773. The van der Waals surface area contributed by atoms with E-state index in [1.165, 1.54) is 12.8 Å². The fourth-order valence-corrected chi connectivity index (χ4v) is 4.93. The van der Waals surface area contributed by atoms with E-state index in [-0.39, 0.29) is 5.56 Å². The van der Waals surface area contributed by atoms with E-state index in [1.54, 1.807) is 4.68 Å². The van der Waals surface area contributed by atoms with Crippen molar-refractivity contribution in [3.8, 4) is 0 Å². The molecule has 1 amide bonds. The molecular weight excluding hydrogens is 366 g/mol. The first-order valence-corrected chi connectivity index (χ1v) is 11.4. The van der Waals surface area contributed by atoms with E-state index in [0.29, 0.717) is 24.9 Å². The third kappa shape index (κ3) is 5.07. The molecule has 1 atom stereocenters. The van der Waals surface area contributed by atoms with Crippen LogP contribution >= 0.6 is 0 Å². The maximum absolute atomic E-state index is 12.4. The number of carbonyl (C=O) groups excluding carboxylic acids is 1. The van der Waals surface area contributed by atoms with E-state index in [0.717, 1.165) is 82.6 Å². The Labute approximate surface area is 173 Å². The second-order valence-electron chi connectivity index (χ2n) is 8.93. The summed E-state index contributed by atoms with van der Waals surface area (Å²) in [4.78, 5) is 31.4. The van der Waals surface area contributed by atoms with Crippen molar-refractivity contribution in [2.75, 3.05) is 46.3 Å². The first-order chi connectivity index (χ1) is 14.1. The summed E-state index contributed by atoms with van der Waals surface area (Å²) in [6, 6.07) is 2.17. The number of amides is 1. The average molecular weight is 402 g/mol. The van der Waals surface area contributed by atoms with Crippen LogP contribution in [0.15, 0.2) is 10.9 Å². The van der Waals surface area contributed by atoms with Crippen molar-refractivity contribution in [3.63, 3.8) is 0 Å². The van der Waals surface area contributed by atoms with Gasteiger partial charge < -0.3 is 4.90 Å². The number of hydrogen-bond acceptors (Lipinski definition) is 5. The highest BCUT2D eigenvalue weighted by Crippen LogP contribution is 2.18. The molecule has 0 spiro atoms. The molecule has 0 aromatic carbocycles. The largest absolute Gasteiger partial charge is 0.341 e. The molecule has 0 radical (unpaired) electrons. The molecular formula is C22H35N5O2. The minimum atomic E-state index is 0.0466. The number of hydrogen-bond donors (Lipinski definition) is 0. The average Bonchev–Trinajstić information content (AvgIpc) is 2.89. The summed E-state index contributed by atoms with van der Waals surface area (Å²) >= 11 is 0. The van der Waals surface area contributed by atoms with Crippen LogP contribution in [-0.2, 0) is 24.2 Å². The summed E-state index contributed by atoms with van der Waals surface area (Å²) in [6.07, 6.45) is 8.38. The van der Waals surface area contributed by atoms with Crippen molar-refractivity contribution in [2.24, 2.45) is 0 Å². The van der Waals surface area contributed by atoms with Gasteiger partial charge in [0.15, 0.2) is 0 Å². The van der Waals surface area contributed by atoms with Crippen LogP contribution < -0.4 is 5.56 Å². The smallest absolute Gasteiger partial charge is 0.267 e. The number of likely N-dealkylation sites (tertiary alicyclic amines) is 1. The highest BCUT2D eigenvalue weighted by Gasteiger charge is 2.26. The first kappa shape index (κ1) is 20.5. The summed E-state index contributed by atoms with van der Waals surface area (Å²) in [5, 5.41) is 4.64. The molecule has 4 rings (SSSR count). The number of aromatic nitrogens is 2. The van der Waals surface area contributed by atoms with E-state index >= 15 is 0 Å². The summed E-state index contributed by atoms with van der Waals surface area (Å²) in [5.74, 6) is 0.300. The Morgan fingerprint density at radius 2 is 1.66 bits per heavy atom. The minimum Gasteiger partial charge on any atom is -0.341 e. The predicted octanol–water partition coefficient (Wildman–Crippen LogP) is 1.14. The lowest BCUT2D eigenvalue weighted by atomic mass is 9.97. The molecule has 7 heteroatoms. The summed E-state index contributed by atoms with van der Waals surface area (Å²) < 4.78 is 1.67. The van der Waals surface area contributed by atoms with E-state index in [9.17, 15) is 9.59 Å². The van der Waals surface area contributed by atoms with Crippen LogP contribution in [0.3, 0.4) is 0 Å². The van der Waals surface area contributed by atoms with Gasteiger partial charge >= 0.3 is 0 Å². The van der Waals surface area contributed by atoms with Crippen LogP contribution in [0.4, 0.5) is 0 Å². The van der Waals surface area contributed by atoms with Crippen LogP contribution in [0.2, 0.25) is 0 Å². The van der Waals surface area contributed by atoms with Crippen molar-refractivity contribution < 1.29 is 4.79 Å². The zero-order valence-corrected chi connectivity index (χ0v) is 17.8. The maximum atomic E-state index is 12.4. The number of aryl methyl sites for hydroxylation is 2. The highest BCUT2D eigenvalue weighted by atomic mass is 16.2. The van der Waals surface area contributed by atoms with Gasteiger partial charge in [-0.1, -0.05) is 6.42 Å². The molecule has 160 valence electrons. The lowest BCUT2D eigenvalue weighted by Crippen LogP contribution is -2.52. The quantitative estimate of drug-likeness (QED) is 0.741. The van der Waals surface area contributed by atoms with Crippen LogP contribution in [-0.4, -0.2) is 82.7 Å². The van der Waals surface area contributed by atoms with E-state index in [1.807, 2.05) is 18.0 Å². The molecule has 2 saturated heterocycles. The van der Waals surface area contributed by atoms with Gasteiger partial charge in [-0.15, -0.1) is 0 Å². The Hall–Kier alpha value is -1.73. The molecule has 29 heavy (non-hydrogen) atoms. The third-order valence-electron chi connectivity index (χ3n) is 6.95. The van der Waals surface area contributed by atoms with Gasteiger partial charge in [0.25, 0.3) is 5.56 Å². The molecule has 1 unspecified atom stereocenters. The SMILES string of the molecule is CN1C(=O)CCCCC1CN1CCN(CCn2nc3c(cc2=O)CCCC3)CC1. The molecule has 1 aromatic rings. The molecule has 7 nitrogen and oxygen atoms in total. The molecule has 3 heterocycles. The lowest BCUT2D eigenvalue weighted by molar-refractivity contribution is -0.131. The summed E-state index contributed by atoms with van der Waals surface area (Å²) in [6.45, 7) is 6.64. The van der Waals surface area contributed by atoms with Crippen LogP contribution in [0.25, 0.3) is 0 Å². The van der Waals surface area contributed by atoms with E-state index in [2.05, 4.69) is 14.9 Å². The standard InChI is InChI=1S/C22H35N5O2/c1-24-19(7-3-5-9-21(24)28)17-26-12-10-25(11-13-26)14-15-27-22(29)16-18-6-2-4-8-20(18)23-27/h16,19H,2-15,17H2,1H3. The second-order valence-corrected chi connectivity index (χ2v) is 8.93. The molecule has 2 aliphatic heterocycles. The lowest BCUT2D eigenvalue weighted by Gasteiger charge is -2.38. The van der Waals surface area contributed by atoms with Crippen LogP contribution in [0.5, 0.6) is 0 Å². The van der Waals surface area contributed by atoms with Gasteiger partial charge in [-0.05, 0) is 44.1 Å². The molecule has 1 aromatic heterocycles. The zero-order chi connectivity index (χ0) is 20.2. The maximum Gasteiger partial charge on any atom is 0.267 e. The third-order valence-corrected chi connectivity index (χ3v) is 6.95. The fourth-order valence-electron chi connectivity index (χ4n) is 4.93. The van der Waals surface area contributed by atoms with Gasteiger partial charge in [0.05, 0.1) is 12.2 Å². The van der Waals surface area contributed by atoms with Crippen molar-refractivity contribution >= 4 is 5.91 Å². The topological polar surface area (TPSA) is 61.7 Å². The van der Waals surface area contributed by atoms with E-state index in [4.69, 9.17) is 0 Å². The molecule has 0 bridgehead atoms. The Morgan fingerprint density at radius 1 is 0.931 bits per heavy atom. The number of likely N-dealkylation sites (N-methyl/N-ethyl adjacent to an activating group) is 1. The Morgan fingerprint density at radius 3 is 2.48 bits per heavy atom. The summed E-state index contributed by atoms with van der Waals surface area (Å²) in [7, 11) is 1.97. The number of rotatable bonds is 5. The van der Waals surface area contributed by atoms with Crippen LogP contribution in [0.1, 0.15) is 49.8 Å². The second kappa shape index (κ2) is 9.39. The Kier molecular flexibility index (Phi) is 6.65. The van der Waals surface area contributed by atoms with Gasteiger partial charge in [0.1, 0.15) is 0 Å². The highest BCUT2D eigenvalue weighted by molar-refractivity contribution is 5.76. The minimum absolute atomic E-state index is 0.0466. The normalized spacial score (nSPS) is 24.4. The molecule has 2 fully saturated rings. The van der Waals surface area contributed by atoms with Crippen molar-refractivity contribution in [1.82, 2.24) is 24.5 Å². The predicted molar refractivity (Wildman–Crippen MR) is 113 cm³/mol. The molecule has 3 aliphatic rings. The first-order valence-electron chi connectivity index (χ1n) is 11.4. The number of nitrogens with zero attached hydrogens (tertiary/aromatic N) is 5. The van der Waals surface area contributed by atoms with Gasteiger partial charge in [-0.25, -0.2) is 4.68 Å². The monoisotopic (exact) mass is 401 g/mol. The van der Waals surface area contributed by atoms with Crippen molar-refractivity contribution in [3.05, 3.63) is 27.7 Å². The Balaban J connectivity index is 1.25. The van der Waals surface area contributed by atoms with Gasteiger partial charge in [0, 0.05) is 64.8 Å². The molecule has 0 N–H and O–H groups in total. The molecule has 0 saturated carbocycles. The zero-order valence-electron chi connectivity index (χ0n) is 17.8. The van der Waals surface area contributed by atoms with Crippen molar-refractivity contribution in [2.45, 2.75) is 64.0 Å². The van der Waals surface area contributed by atoms with E-state index < -0.39 is 0 Å². The molecule has 1 aliphatic carbocycles. The number of carbonyl (C=O) groups is 1. The number of piperazine rings is 1. The van der Waals surface area contributed by atoms with Gasteiger partial charge in [-0.3, -0.25) is 19.4 Å².